The topological polar surface area (TPSA) is 82.7 Å². The molecule has 0 amide bonds. The van der Waals surface area contributed by atoms with E-state index in [0.29, 0.717) is 13.0 Å². The quantitative estimate of drug-likeness (QED) is 0.667. The van der Waals surface area contributed by atoms with E-state index in [1.165, 1.54) is 5.69 Å². The lowest BCUT2D eigenvalue weighted by Crippen LogP contribution is -2.45. The molecule has 3 N–H and O–H groups in total. The van der Waals surface area contributed by atoms with Crippen LogP contribution in [0.15, 0.2) is 24.3 Å². The van der Waals surface area contributed by atoms with E-state index in [2.05, 4.69) is 44.7 Å². The summed E-state index contributed by atoms with van der Waals surface area (Å²) in [6, 6.07) is 8.13. The number of nitrogens with one attached hydrogen (secondary N) is 3. The Morgan fingerprint density at radius 1 is 1.12 bits per heavy atom. The van der Waals surface area contributed by atoms with Crippen LogP contribution in [0.3, 0.4) is 0 Å². The summed E-state index contributed by atoms with van der Waals surface area (Å²) in [5.74, 6) is 0. The highest BCUT2D eigenvalue weighted by Gasteiger charge is 2.39. The van der Waals surface area contributed by atoms with Gasteiger partial charge in [-0.25, -0.2) is 13.1 Å². The number of rotatable bonds is 6. The maximum Gasteiger partial charge on any atom is 0.217 e. The first-order valence-corrected chi connectivity index (χ1v) is 10.4. The standard InChI is InChI=1S/C17H28N4O3S/c1-13-17(14(2)20-19-13)25(22,23)18-8-7-15-3-5-16(6-4-15)21-9-11-24-12-10-21/h3-6,13-14,17-20H,7-12H2,1-2H3. The largest absolute Gasteiger partial charge is 0.378 e. The summed E-state index contributed by atoms with van der Waals surface area (Å²) in [6.07, 6.45) is 0.680. The summed E-state index contributed by atoms with van der Waals surface area (Å²) < 4.78 is 33.1. The lowest BCUT2D eigenvalue weighted by atomic mass is 10.1. The van der Waals surface area contributed by atoms with Crippen molar-refractivity contribution in [1.82, 2.24) is 15.6 Å². The third kappa shape index (κ3) is 4.51. The highest BCUT2D eigenvalue weighted by molar-refractivity contribution is 7.90. The highest BCUT2D eigenvalue weighted by atomic mass is 32.2. The zero-order valence-corrected chi connectivity index (χ0v) is 15.7. The molecule has 2 atom stereocenters. The van der Waals surface area contributed by atoms with Crippen LogP contribution in [-0.2, 0) is 21.2 Å². The fraction of sp³-hybridized carbons (Fsp3) is 0.647. The Morgan fingerprint density at radius 3 is 2.32 bits per heavy atom. The Morgan fingerprint density at radius 2 is 1.72 bits per heavy atom. The van der Waals surface area contributed by atoms with Crippen molar-refractivity contribution in [3.8, 4) is 0 Å². The first-order valence-electron chi connectivity index (χ1n) is 8.88. The van der Waals surface area contributed by atoms with Gasteiger partial charge in [0, 0.05) is 37.4 Å². The van der Waals surface area contributed by atoms with Gasteiger partial charge in [-0.1, -0.05) is 12.1 Å². The maximum atomic E-state index is 12.5. The van der Waals surface area contributed by atoms with Gasteiger partial charge in [0.15, 0.2) is 0 Å². The number of nitrogens with zero attached hydrogens (tertiary/aromatic N) is 1. The second-order valence-electron chi connectivity index (χ2n) is 6.79. The van der Waals surface area contributed by atoms with Gasteiger partial charge in [-0.3, -0.25) is 10.9 Å². The molecule has 0 bridgehead atoms. The molecular weight excluding hydrogens is 340 g/mol. The normalized spacial score (nSPS) is 27.6. The van der Waals surface area contributed by atoms with Gasteiger partial charge in [-0.05, 0) is 38.0 Å². The number of ether oxygens (including phenoxy) is 1. The van der Waals surface area contributed by atoms with Crippen molar-refractivity contribution in [3.05, 3.63) is 29.8 Å². The number of anilines is 1. The molecule has 1 aromatic carbocycles. The van der Waals surface area contributed by atoms with Gasteiger partial charge in [0.1, 0.15) is 5.25 Å². The molecule has 0 saturated carbocycles. The number of hydrazine groups is 1. The Labute approximate surface area is 150 Å². The van der Waals surface area contributed by atoms with Crippen molar-refractivity contribution in [3.63, 3.8) is 0 Å². The number of sulfonamides is 1. The van der Waals surface area contributed by atoms with Gasteiger partial charge in [0.05, 0.1) is 13.2 Å². The van der Waals surface area contributed by atoms with E-state index in [0.717, 1.165) is 31.9 Å². The molecule has 2 unspecified atom stereocenters. The molecule has 7 nitrogen and oxygen atoms in total. The molecular formula is C17H28N4O3S. The summed E-state index contributed by atoms with van der Waals surface area (Å²) in [6.45, 7) is 7.54. The van der Waals surface area contributed by atoms with E-state index in [4.69, 9.17) is 4.74 Å². The molecule has 1 aromatic rings. The van der Waals surface area contributed by atoms with Crippen LogP contribution in [0.25, 0.3) is 0 Å². The molecule has 2 saturated heterocycles. The average Bonchev–Trinajstić information content (AvgIpc) is 2.95. The molecule has 2 aliphatic rings. The Hall–Kier alpha value is -1.19. The van der Waals surface area contributed by atoms with Crippen LogP contribution in [0.4, 0.5) is 5.69 Å². The van der Waals surface area contributed by atoms with E-state index in [-0.39, 0.29) is 12.1 Å². The predicted octanol–water partition coefficient (Wildman–Crippen LogP) is 0.239. The van der Waals surface area contributed by atoms with Crippen LogP contribution in [0.5, 0.6) is 0 Å². The van der Waals surface area contributed by atoms with Crippen molar-refractivity contribution in [1.29, 1.82) is 0 Å². The molecule has 0 aromatic heterocycles. The minimum Gasteiger partial charge on any atom is -0.378 e. The van der Waals surface area contributed by atoms with Crippen LogP contribution < -0.4 is 20.5 Å². The van der Waals surface area contributed by atoms with E-state index in [9.17, 15) is 8.42 Å². The summed E-state index contributed by atoms with van der Waals surface area (Å²) in [4.78, 5) is 2.30. The van der Waals surface area contributed by atoms with Crippen LogP contribution in [0.1, 0.15) is 19.4 Å². The van der Waals surface area contributed by atoms with Crippen molar-refractivity contribution < 1.29 is 13.2 Å². The van der Waals surface area contributed by atoms with Crippen molar-refractivity contribution >= 4 is 15.7 Å². The fourth-order valence-electron chi connectivity index (χ4n) is 3.53. The number of benzene rings is 1. The first kappa shape index (κ1) is 18.6. The van der Waals surface area contributed by atoms with Crippen LogP contribution >= 0.6 is 0 Å². The molecule has 8 heteroatoms. The molecule has 0 radical (unpaired) electrons. The van der Waals surface area contributed by atoms with Crippen LogP contribution in [0.2, 0.25) is 0 Å². The number of hydrogen-bond donors (Lipinski definition) is 3. The van der Waals surface area contributed by atoms with Crippen molar-refractivity contribution in [2.24, 2.45) is 0 Å². The summed E-state index contributed by atoms with van der Waals surface area (Å²) in [7, 11) is -3.35. The lowest BCUT2D eigenvalue weighted by Gasteiger charge is -2.28. The van der Waals surface area contributed by atoms with Crippen molar-refractivity contribution in [2.45, 2.75) is 37.6 Å². The van der Waals surface area contributed by atoms with E-state index >= 15 is 0 Å². The average molecular weight is 369 g/mol. The second kappa shape index (κ2) is 8.01. The third-order valence-electron chi connectivity index (χ3n) is 4.91. The van der Waals surface area contributed by atoms with Gasteiger partial charge >= 0.3 is 0 Å². The first-order chi connectivity index (χ1) is 12.0. The molecule has 2 heterocycles. The molecule has 0 spiro atoms. The molecule has 140 valence electrons. The SMILES string of the molecule is CC1NNC(C)C1S(=O)(=O)NCCc1ccc(N2CCOCC2)cc1. The summed E-state index contributed by atoms with van der Waals surface area (Å²) in [5.41, 5.74) is 8.30. The van der Waals surface area contributed by atoms with Crippen molar-refractivity contribution in [2.75, 3.05) is 37.7 Å². The van der Waals surface area contributed by atoms with E-state index < -0.39 is 15.3 Å². The van der Waals surface area contributed by atoms with Gasteiger partial charge in [0.25, 0.3) is 0 Å². The summed E-state index contributed by atoms with van der Waals surface area (Å²) in [5, 5.41) is -0.462. The van der Waals surface area contributed by atoms with E-state index in [1.54, 1.807) is 0 Å². The molecule has 2 aliphatic heterocycles. The van der Waals surface area contributed by atoms with Gasteiger partial charge < -0.3 is 9.64 Å². The Balaban J connectivity index is 1.51. The van der Waals surface area contributed by atoms with Gasteiger partial charge in [0.2, 0.25) is 10.0 Å². The Bertz CT molecular complexity index is 649. The smallest absolute Gasteiger partial charge is 0.217 e. The Kier molecular flexibility index (Phi) is 5.96. The van der Waals surface area contributed by atoms with Gasteiger partial charge in [-0.2, -0.15) is 0 Å². The van der Waals surface area contributed by atoms with Gasteiger partial charge in [-0.15, -0.1) is 0 Å². The predicted molar refractivity (Wildman–Crippen MR) is 99.1 cm³/mol. The fourth-order valence-corrected chi connectivity index (χ4v) is 5.32. The number of hydrogen-bond acceptors (Lipinski definition) is 6. The highest BCUT2D eigenvalue weighted by Crippen LogP contribution is 2.17. The summed E-state index contributed by atoms with van der Waals surface area (Å²) >= 11 is 0. The third-order valence-corrected chi connectivity index (χ3v) is 7.05. The maximum absolute atomic E-state index is 12.5. The molecule has 0 aliphatic carbocycles. The lowest BCUT2D eigenvalue weighted by molar-refractivity contribution is 0.122. The van der Waals surface area contributed by atoms with Crippen LogP contribution in [-0.4, -0.2) is 58.6 Å². The molecule has 3 rings (SSSR count). The minimum absolute atomic E-state index is 0.111. The monoisotopic (exact) mass is 368 g/mol. The number of morpholine rings is 1. The zero-order valence-electron chi connectivity index (χ0n) is 14.9. The molecule has 25 heavy (non-hydrogen) atoms. The minimum atomic E-state index is -3.35. The molecule has 2 fully saturated rings. The second-order valence-corrected chi connectivity index (χ2v) is 8.71. The van der Waals surface area contributed by atoms with Crippen LogP contribution in [0, 0.1) is 0 Å². The zero-order chi connectivity index (χ0) is 17.9. The van der Waals surface area contributed by atoms with E-state index in [1.807, 2.05) is 13.8 Å².